The molecule has 0 rings (SSSR count). The fourth-order valence-electron chi connectivity index (χ4n) is 0.671. The summed E-state index contributed by atoms with van der Waals surface area (Å²) >= 11 is 0. The lowest BCUT2D eigenvalue weighted by atomic mass is 10.5. The van der Waals surface area contributed by atoms with Crippen molar-refractivity contribution >= 4 is 9.90 Å². The second-order valence-corrected chi connectivity index (χ2v) is 1.62. The predicted octanol–water partition coefficient (Wildman–Crippen LogP) is 1.41. The lowest BCUT2D eigenvalue weighted by Crippen LogP contribution is -2.21. The molecule has 0 aliphatic carbocycles. The highest BCUT2D eigenvalue weighted by Crippen LogP contribution is 1.81. The normalized spacial score (nSPS) is 9.00. The molecule has 8 heavy (non-hydrogen) atoms. The topological polar surface area (TPSA) is 3.24 Å². The Hall–Kier alpha value is 0.390. The maximum Gasteiger partial charge on any atom is -0.00474 e. The zero-order chi connectivity index (χ0) is 5.70. The van der Waals surface area contributed by atoms with Crippen LogP contribution in [-0.4, -0.2) is 24.5 Å². The van der Waals surface area contributed by atoms with Gasteiger partial charge in [-0.05, 0) is 19.6 Å². The van der Waals surface area contributed by atoms with E-state index in [9.17, 15) is 0 Å². The van der Waals surface area contributed by atoms with E-state index in [0.29, 0.717) is 0 Å². The highest BCUT2D eigenvalue weighted by molar-refractivity contribution is 6.92. The molecule has 0 amide bonds. The molecule has 0 saturated carbocycles. The van der Waals surface area contributed by atoms with Gasteiger partial charge in [-0.2, -0.15) is 9.90 Å². The molecule has 1 nitrogen and oxygen atoms in total. The first-order valence-corrected chi connectivity index (χ1v) is 3.07. The van der Waals surface area contributed by atoms with Crippen molar-refractivity contribution in [2.75, 3.05) is 19.6 Å². The van der Waals surface area contributed by atoms with Crippen molar-refractivity contribution in [1.82, 2.24) is 4.90 Å². The minimum Gasteiger partial charge on any atom is -0.304 e. The van der Waals surface area contributed by atoms with Crippen LogP contribution in [0.25, 0.3) is 0 Å². The summed E-state index contributed by atoms with van der Waals surface area (Å²) in [7, 11) is 0. The first-order chi connectivity index (χ1) is 3.35. The molecule has 0 aliphatic heterocycles. The molecule has 0 radical (unpaired) electrons. The Kier molecular flexibility index (Phi) is 10.4. The Bertz CT molecular complexity index is 30.0. The Morgan fingerprint density at radius 3 is 1.12 bits per heavy atom. The van der Waals surface area contributed by atoms with Gasteiger partial charge in [0.25, 0.3) is 0 Å². The lowest BCUT2D eigenvalue weighted by molar-refractivity contribution is 0.321. The van der Waals surface area contributed by atoms with Gasteiger partial charge in [0.2, 0.25) is 0 Å². The van der Waals surface area contributed by atoms with E-state index in [1.165, 1.54) is 19.6 Å². The minimum absolute atomic E-state index is 0. The molecule has 0 heterocycles. The van der Waals surface area contributed by atoms with Crippen LogP contribution in [0.4, 0.5) is 0 Å². The molecule has 0 saturated heterocycles. The van der Waals surface area contributed by atoms with E-state index in [2.05, 4.69) is 25.7 Å². The van der Waals surface area contributed by atoms with Gasteiger partial charge in [0, 0.05) is 0 Å². The second-order valence-electron chi connectivity index (χ2n) is 1.62. The number of rotatable bonds is 3. The molecule has 0 bridgehead atoms. The van der Waals surface area contributed by atoms with Crippen molar-refractivity contribution < 1.29 is 0 Å². The van der Waals surface area contributed by atoms with Gasteiger partial charge in [-0.1, -0.05) is 20.8 Å². The fourth-order valence-corrected chi connectivity index (χ4v) is 0.671. The van der Waals surface area contributed by atoms with E-state index in [-0.39, 0.29) is 9.90 Å². The molecule has 0 aromatic rings. The summed E-state index contributed by atoms with van der Waals surface area (Å²) in [6.45, 7) is 10.1. The highest BCUT2D eigenvalue weighted by atomic mass is 31.0. The first-order valence-electron chi connectivity index (χ1n) is 3.07. The van der Waals surface area contributed by atoms with Gasteiger partial charge in [-0.25, -0.2) is 0 Å². The van der Waals surface area contributed by atoms with Gasteiger partial charge in [-0.15, -0.1) is 0 Å². The van der Waals surface area contributed by atoms with Crippen molar-refractivity contribution in [2.45, 2.75) is 20.8 Å². The quantitative estimate of drug-likeness (QED) is 0.529. The SMILES string of the molecule is CCN(CC)CC.P. The van der Waals surface area contributed by atoms with Gasteiger partial charge < -0.3 is 4.90 Å². The van der Waals surface area contributed by atoms with Crippen molar-refractivity contribution in [2.24, 2.45) is 0 Å². The van der Waals surface area contributed by atoms with Crippen molar-refractivity contribution in [3.63, 3.8) is 0 Å². The van der Waals surface area contributed by atoms with Crippen LogP contribution in [0.15, 0.2) is 0 Å². The summed E-state index contributed by atoms with van der Waals surface area (Å²) in [6.07, 6.45) is 0. The summed E-state index contributed by atoms with van der Waals surface area (Å²) in [5, 5.41) is 0. The third kappa shape index (κ3) is 4.55. The van der Waals surface area contributed by atoms with Crippen molar-refractivity contribution in [3.05, 3.63) is 0 Å². The van der Waals surface area contributed by atoms with E-state index in [0.717, 1.165) is 0 Å². The molecule has 0 aromatic heterocycles. The average Bonchev–Trinajstić information content (AvgIpc) is 1.72. The molecular weight excluding hydrogens is 117 g/mol. The molecule has 52 valence electrons. The first kappa shape index (κ1) is 11.2. The fraction of sp³-hybridized carbons (Fsp3) is 1.00. The Balaban J connectivity index is 0. The highest BCUT2D eigenvalue weighted by Gasteiger charge is 1.89. The lowest BCUT2D eigenvalue weighted by Gasteiger charge is -2.13. The monoisotopic (exact) mass is 135 g/mol. The van der Waals surface area contributed by atoms with Crippen LogP contribution in [0, 0.1) is 0 Å². The van der Waals surface area contributed by atoms with Crippen molar-refractivity contribution in [3.8, 4) is 0 Å². The third-order valence-electron chi connectivity index (χ3n) is 1.34. The van der Waals surface area contributed by atoms with Gasteiger partial charge in [0.1, 0.15) is 0 Å². The predicted molar refractivity (Wildman–Crippen MR) is 44.6 cm³/mol. The zero-order valence-corrected chi connectivity index (χ0v) is 7.69. The van der Waals surface area contributed by atoms with Crippen LogP contribution in [0.1, 0.15) is 20.8 Å². The maximum atomic E-state index is 2.38. The van der Waals surface area contributed by atoms with E-state index in [1.807, 2.05) is 0 Å². The van der Waals surface area contributed by atoms with Gasteiger partial charge in [0.15, 0.2) is 0 Å². The molecule has 0 fully saturated rings. The second kappa shape index (κ2) is 7.39. The smallest absolute Gasteiger partial charge is 0.00474 e. The van der Waals surface area contributed by atoms with Crippen LogP contribution >= 0.6 is 9.90 Å². The molecule has 0 N–H and O–H groups in total. The molecule has 0 aromatic carbocycles. The molecule has 0 aliphatic rings. The van der Waals surface area contributed by atoms with Gasteiger partial charge in [-0.3, -0.25) is 0 Å². The largest absolute Gasteiger partial charge is 0.304 e. The molecule has 2 heteroatoms. The summed E-state index contributed by atoms with van der Waals surface area (Å²) in [4.78, 5) is 2.38. The maximum absolute atomic E-state index is 2.38. The van der Waals surface area contributed by atoms with Crippen LogP contribution in [0.5, 0.6) is 0 Å². The summed E-state index contributed by atoms with van der Waals surface area (Å²) in [6, 6.07) is 0. The summed E-state index contributed by atoms with van der Waals surface area (Å²) in [5.74, 6) is 0. The van der Waals surface area contributed by atoms with Crippen molar-refractivity contribution in [1.29, 1.82) is 0 Å². The van der Waals surface area contributed by atoms with Crippen LogP contribution < -0.4 is 0 Å². The molecule has 1 unspecified atom stereocenters. The third-order valence-corrected chi connectivity index (χ3v) is 1.34. The molecule has 1 atom stereocenters. The minimum atomic E-state index is 0. The van der Waals surface area contributed by atoms with E-state index < -0.39 is 0 Å². The molecular formula is C6H18NP. The van der Waals surface area contributed by atoms with E-state index in [4.69, 9.17) is 0 Å². The van der Waals surface area contributed by atoms with E-state index in [1.54, 1.807) is 0 Å². The zero-order valence-electron chi connectivity index (χ0n) is 6.28. The molecule has 0 spiro atoms. The van der Waals surface area contributed by atoms with Gasteiger partial charge in [0.05, 0.1) is 0 Å². The number of hydrogen-bond donors (Lipinski definition) is 0. The van der Waals surface area contributed by atoms with Crippen LogP contribution in [-0.2, 0) is 0 Å². The standard InChI is InChI=1S/C6H15N.H3P/c1-4-7(5-2)6-3;/h4-6H2,1-3H3;1H3. The Morgan fingerprint density at radius 2 is 1.12 bits per heavy atom. The Labute approximate surface area is 56.1 Å². The number of nitrogens with zero attached hydrogens (tertiary/aromatic N) is 1. The Morgan fingerprint density at radius 1 is 0.875 bits per heavy atom. The van der Waals surface area contributed by atoms with Gasteiger partial charge >= 0.3 is 0 Å². The summed E-state index contributed by atoms with van der Waals surface area (Å²) in [5.41, 5.74) is 0. The van der Waals surface area contributed by atoms with Crippen LogP contribution in [0.2, 0.25) is 0 Å². The van der Waals surface area contributed by atoms with E-state index >= 15 is 0 Å². The number of hydrogen-bond acceptors (Lipinski definition) is 1. The summed E-state index contributed by atoms with van der Waals surface area (Å²) < 4.78 is 0. The van der Waals surface area contributed by atoms with Crippen LogP contribution in [0.3, 0.4) is 0 Å². The average molecular weight is 135 g/mol.